The summed E-state index contributed by atoms with van der Waals surface area (Å²) in [7, 11) is 0. The van der Waals surface area contributed by atoms with Gasteiger partial charge in [-0.1, -0.05) is 19.9 Å². The Bertz CT molecular complexity index is 960. The zero-order valence-electron chi connectivity index (χ0n) is 17.5. The van der Waals surface area contributed by atoms with E-state index in [9.17, 15) is 23.9 Å². The van der Waals surface area contributed by atoms with Crippen LogP contribution in [-0.2, 0) is 17.7 Å². The number of nitrogens with one attached hydrogen (secondary N) is 1. The topological polar surface area (TPSA) is 101 Å². The van der Waals surface area contributed by atoms with Gasteiger partial charge in [-0.25, -0.2) is 19.0 Å². The van der Waals surface area contributed by atoms with Crippen molar-refractivity contribution in [2.24, 2.45) is 0 Å². The molecule has 1 aromatic heterocycles. The number of hydrazine groups is 1. The lowest BCUT2D eigenvalue weighted by molar-refractivity contribution is -0.00340. The first-order valence-electron chi connectivity index (χ1n) is 10.1. The highest BCUT2D eigenvalue weighted by Gasteiger charge is 2.16. The fourth-order valence-corrected chi connectivity index (χ4v) is 3.13. The molecule has 0 saturated heterocycles. The van der Waals surface area contributed by atoms with Gasteiger partial charge < -0.3 is 14.4 Å². The summed E-state index contributed by atoms with van der Waals surface area (Å²) >= 11 is 0. The van der Waals surface area contributed by atoms with Gasteiger partial charge in [0.2, 0.25) is 11.8 Å². The average molecular weight is 421 g/mol. The standard InChI is InChI=1S/C21H28FN3O5/c1-4-7-18(22)30-21(29)23-25(6-3)11-10-14-8-9-17-15(12-14)19(26)16(20(27)28)13-24(17)5-2/h8-9,12-13,18H,4-7,10-11H2,1-3H3,(H,23,29)(H,27,28). The van der Waals surface area contributed by atoms with Crippen LogP contribution in [0, 0.1) is 0 Å². The van der Waals surface area contributed by atoms with Gasteiger partial charge in [0.1, 0.15) is 5.56 Å². The molecule has 8 nitrogen and oxygen atoms in total. The number of fused-ring (bicyclic) bond motifs is 1. The van der Waals surface area contributed by atoms with Crippen LogP contribution in [0.1, 0.15) is 49.5 Å². The maximum absolute atomic E-state index is 13.4. The van der Waals surface area contributed by atoms with E-state index in [4.69, 9.17) is 0 Å². The number of alkyl halides is 1. The molecule has 2 rings (SSSR count). The first-order valence-corrected chi connectivity index (χ1v) is 10.1. The van der Waals surface area contributed by atoms with Crippen LogP contribution in [0.2, 0.25) is 0 Å². The minimum Gasteiger partial charge on any atom is -0.477 e. The van der Waals surface area contributed by atoms with Gasteiger partial charge in [-0.05, 0) is 37.5 Å². The number of pyridine rings is 1. The molecule has 0 bridgehead atoms. The molecule has 1 heterocycles. The third-order valence-corrected chi connectivity index (χ3v) is 4.77. The number of carbonyl (C=O) groups excluding carboxylic acids is 1. The minimum absolute atomic E-state index is 0.143. The second-order valence-electron chi connectivity index (χ2n) is 6.86. The molecular formula is C21H28FN3O5. The lowest BCUT2D eigenvalue weighted by atomic mass is 10.1. The molecule has 1 amide bonds. The third-order valence-electron chi connectivity index (χ3n) is 4.77. The van der Waals surface area contributed by atoms with E-state index in [0.717, 1.165) is 5.56 Å². The number of carbonyl (C=O) groups is 2. The van der Waals surface area contributed by atoms with Crippen LogP contribution >= 0.6 is 0 Å². The number of amides is 1. The summed E-state index contributed by atoms with van der Waals surface area (Å²) in [5.41, 5.74) is 3.19. The normalized spacial score (nSPS) is 12.2. The van der Waals surface area contributed by atoms with Crippen molar-refractivity contribution in [1.82, 2.24) is 15.0 Å². The molecule has 1 aromatic carbocycles. The Morgan fingerprint density at radius 3 is 2.63 bits per heavy atom. The number of rotatable bonds is 10. The van der Waals surface area contributed by atoms with Crippen LogP contribution in [-0.4, -0.2) is 46.2 Å². The Hall–Kier alpha value is -2.94. The lowest BCUT2D eigenvalue weighted by Crippen LogP contribution is -2.44. The molecule has 0 aliphatic rings. The first kappa shape index (κ1) is 23.3. The van der Waals surface area contributed by atoms with Crippen molar-refractivity contribution >= 4 is 23.0 Å². The summed E-state index contributed by atoms with van der Waals surface area (Å²) in [5, 5.41) is 11.2. The molecule has 0 spiro atoms. The van der Waals surface area contributed by atoms with E-state index in [0.29, 0.717) is 43.4 Å². The fourth-order valence-electron chi connectivity index (χ4n) is 3.13. The molecular weight excluding hydrogens is 393 g/mol. The molecule has 2 N–H and O–H groups in total. The summed E-state index contributed by atoms with van der Waals surface area (Å²) in [6, 6.07) is 5.33. The van der Waals surface area contributed by atoms with Crippen molar-refractivity contribution in [1.29, 1.82) is 0 Å². The number of ether oxygens (including phenoxy) is 1. The number of likely N-dealkylation sites (N-methyl/N-ethyl adjacent to an activating group) is 1. The monoisotopic (exact) mass is 421 g/mol. The van der Waals surface area contributed by atoms with Crippen LogP contribution in [0.25, 0.3) is 10.9 Å². The van der Waals surface area contributed by atoms with Crippen LogP contribution in [0.4, 0.5) is 9.18 Å². The first-order chi connectivity index (χ1) is 14.3. The zero-order chi connectivity index (χ0) is 22.3. The molecule has 30 heavy (non-hydrogen) atoms. The van der Waals surface area contributed by atoms with Crippen molar-refractivity contribution in [3.8, 4) is 0 Å². The number of hydrogen-bond acceptors (Lipinski definition) is 5. The quantitative estimate of drug-likeness (QED) is 0.571. The van der Waals surface area contributed by atoms with Crippen molar-refractivity contribution < 1.29 is 23.8 Å². The fraction of sp³-hybridized carbons (Fsp3) is 0.476. The Balaban J connectivity index is 2.15. The highest BCUT2D eigenvalue weighted by Crippen LogP contribution is 2.15. The van der Waals surface area contributed by atoms with Crippen LogP contribution < -0.4 is 10.9 Å². The van der Waals surface area contributed by atoms with E-state index in [1.165, 1.54) is 6.20 Å². The molecule has 0 aliphatic heterocycles. The number of carboxylic acid groups (broad SMARTS) is 1. The van der Waals surface area contributed by atoms with Gasteiger partial charge in [-0.3, -0.25) is 10.2 Å². The second kappa shape index (κ2) is 10.7. The number of benzene rings is 1. The largest absolute Gasteiger partial charge is 0.477 e. The van der Waals surface area contributed by atoms with E-state index >= 15 is 0 Å². The zero-order valence-corrected chi connectivity index (χ0v) is 17.5. The van der Waals surface area contributed by atoms with E-state index < -0.39 is 23.8 Å². The molecule has 0 radical (unpaired) electrons. The number of aromatic carboxylic acids is 1. The second-order valence-corrected chi connectivity index (χ2v) is 6.86. The predicted octanol–water partition coefficient (Wildman–Crippen LogP) is 3.32. The molecule has 0 aliphatic carbocycles. The van der Waals surface area contributed by atoms with E-state index in [1.807, 2.05) is 19.9 Å². The predicted molar refractivity (Wildman–Crippen MR) is 111 cm³/mol. The third kappa shape index (κ3) is 5.79. The average Bonchev–Trinajstić information content (AvgIpc) is 2.71. The van der Waals surface area contributed by atoms with E-state index in [1.54, 1.807) is 28.6 Å². The van der Waals surface area contributed by atoms with Crippen LogP contribution in [0.5, 0.6) is 0 Å². The summed E-state index contributed by atoms with van der Waals surface area (Å²) < 4.78 is 19.8. The van der Waals surface area contributed by atoms with Crippen molar-refractivity contribution in [3.63, 3.8) is 0 Å². The number of carboxylic acids is 1. The molecule has 9 heteroatoms. The summed E-state index contributed by atoms with van der Waals surface area (Å²) in [5.74, 6) is -1.26. The molecule has 0 saturated carbocycles. The van der Waals surface area contributed by atoms with Gasteiger partial charge >= 0.3 is 12.1 Å². The van der Waals surface area contributed by atoms with Gasteiger partial charge in [-0.15, -0.1) is 0 Å². The smallest absolute Gasteiger partial charge is 0.424 e. The van der Waals surface area contributed by atoms with Gasteiger partial charge in [0.25, 0.3) is 0 Å². The maximum atomic E-state index is 13.4. The maximum Gasteiger partial charge on any atom is 0.424 e. The number of halogens is 1. The summed E-state index contributed by atoms with van der Waals surface area (Å²) in [4.78, 5) is 35.8. The molecule has 164 valence electrons. The highest BCUT2D eigenvalue weighted by atomic mass is 19.1. The van der Waals surface area contributed by atoms with Crippen molar-refractivity contribution in [2.45, 2.75) is 52.9 Å². The lowest BCUT2D eigenvalue weighted by Gasteiger charge is -2.22. The Kier molecular flexibility index (Phi) is 8.35. The number of aryl methyl sites for hydroxylation is 1. The Morgan fingerprint density at radius 2 is 2.03 bits per heavy atom. The number of nitrogens with zero attached hydrogens (tertiary/aromatic N) is 2. The summed E-state index contributed by atoms with van der Waals surface area (Å²) in [6.07, 6.45) is 0.0618. The van der Waals surface area contributed by atoms with Crippen molar-refractivity contribution in [2.75, 3.05) is 13.1 Å². The summed E-state index contributed by atoms with van der Waals surface area (Å²) in [6.45, 7) is 6.90. The van der Waals surface area contributed by atoms with Crippen molar-refractivity contribution in [3.05, 3.63) is 45.7 Å². The van der Waals surface area contributed by atoms with Gasteiger partial charge in [0.15, 0.2) is 0 Å². The molecule has 2 aromatic rings. The minimum atomic E-state index is -1.64. The number of aromatic nitrogens is 1. The van der Waals surface area contributed by atoms with Gasteiger partial charge in [0.05, 0.1) is 5.52 Å². The number of hydrogen-bond donors (Lipinski definition) is 2. The van der Waals surface area contributed by atoms with Crippen LogP contribution in [0.15, 0.2) is 29.2 Å². The highest BCUT2D eigenvalue weighted by molar-refractivity contribution is 5.92. The SMILES string of the molecule is CCCC(F)OC(=O)NN(CC)CCc1ccc2c(c1)c(=O)c(C(=O)O)cn2CC. The van der Waals surface area contributed by atoms with Gasteiger partial charge in [-0.2, -0.15) is 0 Å². The Morgan fingerprint density at radius 1 is 1.30 bits per heavy atom. The molecule has 0 fully saturated rings. The van der Waals surface area contributed by atoms with E-state index in [-0.39, 0.29) is 12.0 Å². The van der Waals surface area contributed by atoms with Gasteiger partial charge in [0, 0.05) is 37.6 Å². The van der Waals surface area contributed by atoms with Crippen LogP contribution in [0.3, 0.4) is 0 Å². The van der Waals surface area contributed by atoms with E-state index in [2.05, 4.69) is 10.2 Å². The molecule has 1 unspecified atom stereocenters. The molecule has 1 atom stereocenters. The Labute approximate surface area is 174 Å².